The highest BCUT2D eigenvalue weighted by molar-refractivity contribution is 5.94. The lowest BCUT2D eigenvalue weighted by Crippen LogP contribution is -2.02. The van der Waals surface area contributed by atoms with Crippen LogP contribution in [0.3, 0.4) is 0 Å². The van der Waals surface area contributed by atoms with Gasteiger partial charge in [-0.3, -0.25) is 0 Å². The van der Waals surface area contributed by atoms with E-state index < -0.39 is 0 Å². The molecular formula is C16H10N2O2. The summed E-state index contributed by atoms with van der Waals surface area (Å²) in [6.07, 6.45) is 1.81. The van der Waals surface area contributed by atoms with Gasteiger partial charge in [0.25, 0.3) is 0 Å². The first-order valence-electron chi connectivity index (χ1n) is 6.29. The predicted molar refractivity (Wildman–Crippen MR) is 77.6 cm³/mol. The average Bonchev–Trinajstić information content (AvgIpc) is 2.91. The first-order chi connectivity index (χ1) is 9.83. The number of nitrogens with one attached hydrogen (secondary N) is 1. The van der Waals surface area contributed by atoms with Gasteiger partial charge in [-0.15, -0.1) is 0 Å². The molecule has 0 spiro atoms. The molecule has 0 atom stereocenters. The van der Waals surface area contributed by atoms with Crippen molar-refractivity contribution in [3.63, 3.8) is 0 Å². The van der Waals surface area contributed by atoms with Crippen LogP contribution in [-0.2, 0) is 0 Å². The van der Waals surface area contributed by atoms with Crippen molar-refractivity contribution in [3.05, 3.63) is 65.1 Å². The monoisotopic (exact) mass is 262 g/mol. The maximum Gasteiger partial charge on any atom is 0.347 e. The molecule has 1 N–H and O–H groups in total. The predicted octanol–water partition coefficient (Wildman–Crippen LogP) is 3.34. The van der Waals surface area contributed by atoms with Crippen LogP contribution in [0.15, 0.2) is 63.9 Å². The summed E-state index contributed by atoms with van der Waals surface area (Å²) >= 11 is 0. The number of hydrogen-bond acceptors (Lipinski definition) is 3. The SMILES string of the molecule is O=c1oc(-c2c[nH]c3ccccc23)nc2ccccc12. The van der Waals surface area contributed by atoms with Crippen molar-refractivity contribution in [3.8, 4) is 11.5 Å². The van der Waals surface area contributed by atoms with Crippen LogP contribution in [0.25, 0.3) is 33.3 Å². The number of fused-ring (bicyclic) bond motifs is 2. The van der Waals surface area contributed by atoms with Crippen molar-refractivity contribution in [2.75, 3.05) is 0 Å². The molecule has 0 fully saturated rings. The molecule has 0 unspecified atom stereocenters. The van der Waals surface area contributed by atoms with Gasteiger partial charge in [0.05, 0.1) is 16.5 Å². The zero-order valence-corrected chi connectivity index (χ0v) is 10.5. The average molecular weight is 262 g/mol. The minimum Gasteiger partial charge on any atom is -0.403 e. The number of para-hydroxylation sites is 2. The Kier molecular flexibility index (Phi) is 2.23. The molecule has 4 nitrogen and oxygen atoms in total. The summed E-state index contributed by atoms with van der Waals surface area (Å²) in [4.78, 5) is 19.6. The Bertz CT molecular complexity index is 982. The molecule has 20 heavy (non-hydrogen) atoms. The Morgan fingerprint density at radius 1 is 0.950 bits per heavy atom. The second-order valence-corrected chi connectivity index (χ2v) is 4.57. The number of hydrogen-bond donors (Lipinski definition) is 1. The molecule has 2 aromatic carbocycles. The number of aromatic nitrogens is 2. The standard InChI is InChI=1S/C16H10N2O2/c19-16-11-6-2-4-8-14(11)18-15(20-16)12-9-17-13-7-3-1-5-10(12)13/h1-9,17H. The molecule has 0 radical (unpaired) electrons. The molecule has 0 saturated heterocycles. The summed E-state index contributed by atoms with van der Waals surface area (Å²) < 4.78 is 5.36. The number of rotatable bonds is 1. The summed E-state index contributed by atoms with van der Waals surface area (Å²) in [7, 11) is 0. The zero-order chi connectivity index (χ0) is 13.5. The van der Waals surface area contributed by atoms with E-state index in [2.05, 4.69) is 9.97 Å². The van der Waals surface area contributed by atoms with Crippen LogP contribution in [0.4, 0.5) is 0 Å². The maximum atomic E-state index is 12.0. The van der Waals surface area contributed by atoms with Crippen LogP contribution in [-0.4, -0.2) is 9.97 Å². The minimum atomic E-state index is -0.365. The summed E-state index contributed by atoms with van der Waals surface area (Å²) in [5.41, 5.74) is 2.06. The van der Waals surface area contributed by atoms with Crippen molar-refractivity contribution >= 4 is 21.8 Å². The smallest absolute Gasteiger partial charge is 0.347 e. The second kappa shape index (κ2) is 4.06. The summed E-state index contributed by atoms with van der Waals surface area (Å²) in [6.45, 7) is 0. The first kappa shape index (κ1) is 11.0. The van der Waals surface area contributed by atoms with Gasteiger partial charge in [0.1, 0.15) is 0 Å². The van der Waals surface area contributed by atoms with E-state index in [0.717, 1.165) is 16.5 Å². The summed E-state index contributed by atoms with van der Waals surface area (Å²) in [6, 6.07) is 15.0. The molecule has 0 aliphatic carbocycles. The quantitative estimate of drug-likeness (QED) is 0.572. The topological polar surface area (TPSA) is 58.9 Å². The largest absolute Gasteiger partial charge is 0.403 e. The zero-order valence-electron chi connectivity index (χ0n) is 10.5. The Morgan fingerprint density at radius 3 is 2.60 bits per heavy atom. The van der Waals surface area contributed by atoms with E-state index in [4.69, 9.17) is 4.42 Å². The highest BCUT2D eigenvalue weighted by atomic mass is 16.4. The van der Waals surface area contributed by atoms with E-state index >= 15 is 0 Å². The van der Waals surface area contributed by atoms with Crippen molar-refractivity contribution in [2.24, 2.45) is 0 Å². The van der Waals surface area contributed by atoms with Gasteiger partial charge in [0.2, 0.25) is 5.89 Å². The molecule has 0 amide bonds. The molecule has 2 aromatic heterocycles. The van der Waals surface area contributed by atoms with Crippen LogP contribution in [0.5, 0.6) is 0 Å². The van der Waals surface area contributed by atoms with Crippen LogP contribution in [0, 0.1) is 0 Å². The van der Waals surface area contributed by atoms with E-state index in [0.29, 0.717) is 16.8 Å². The van der Waals surface area contributed by atoms with Crippen molar-refractivity contribution < 1.29 is 4.42 Å². The van der Waals surface area contributed by atoms with Gasteiger partial charge < -0.3 is 9.40 Å². The first-order valence-corrected chi connectivity index (χ1v) is 6.29. The fraction of sp³-hybridized carbons (Fsp3) is 0. The molecule has 0 bridgehead atoms. The Hall–Kier alpha value is -2.88. The lowest BCUT2D eigenvalue weighted by atomic mass is 10.1. The van der Waals surface area contributed by atoms with Gasteiger partial charge in [-0.2, -0.15) is 0 Å². The third kappa shape index (κ3) is 1.55. The van der Waals surface area contributed by atoms with Gasteiger partial charge in [0, 0.05) is 17.1 Å². The Morgan fingerprint density at radius 2 is 1.70 bits per heavy atom. The number of aromatic amines is 1. The molecule has 0 saturated carbocycles. The van der Waals surface area contributed by atoms with Gasteiger partial charge in [-0.1, -0.05) is 30.3 Å². The third-order valence-corrected chi connectivity index (χ3v) is 3.35. The molecule has 0 aliphatic rings. The summed E-state index contributed by atoms with van der Waals surface area (Å²) in [5, 5.41) is 1.48. The van der Waals surface area contributed by atoms with Crippen molar-refractivity contribution in [1.29, 1.82) is 0 Å². The minimum absolute atomic E-state index is 0.339. The van der Waals surface area contributed by atoms with E-state index in [9.17, 15) is 4.79 Å². The highest BCUT2D eigenvalue weighted by Gasteiger charge is 2.12. The number of H-pyrrole nitrogens is 1. The number of nitrogens with zero attached hydrogens (tertiary/aromatic N) is 1. The van der Waals surface area contributed by atoms with Gasteiger partial charge >= 0.3 is 5.63 Å². The molecule has 4 rings (SSSR count). The van der Waals surface area contributed by atoms with Crippen LogP contribution in [0.1, 0.15) is 0 Å². The maximum absolute atomic E-state index is 12.0. The van der Waals surface area contributed by atoms with E-state index in [1.54, 1.807) is 12.1 Å². The molecule has 0 aliphatic heterocycles. The number of benzene rings is 2. The van der Waals surface area contributed by atoms with Gasteiger partial charge in [-0.25, -0.2) is 9.78 Å². The summed E-state index contributed by atoms with van der Waals surface area (Å²) in [5.74, 6) is 0.339. The van der Waals surface area contributed by atoms with Gasteiger partial charge in [-0.05, 0) is 18.2 Å². The Labute approximate surface area is 113 Å². The van der Waals surface area contributed by atoms with Crippen molar-refractivity contribution in [2.45, 2.75) is 0 Å². The highest BCUT2D eigenvalue weighted by Crippen LogP contribution is 2.27. The lowest BCUT2D eigenvalue weighted by molar-refractivity contribution is 0.519. The normalized spacial score (nSPS) is 11.2. The fourth-order valence-electron chi connectivity index (χ4n) is 2.38. The molecule has 4 heteroatoms. The van der Waals surface area contributed by atoms with Crippen molar-refractivity contribution in [1.82, 2.24) is 9.97 Å². The van der Waals surface area contributed by atoms with Crippen LogP contribution in [0.2, 0.25) is 0 Å². The van der Waals surface area contributed by atoms with Crippen LogP contribution < -0.4 is 5.63 Å². The second-order valence-electron chi connectivity index (χ2n) is 4.57. The fourth-order valence-corrected chi connectivity index (χ4v) is 2.38. The van der Waals surface area contributed by atoms with E-state index in [-0.39, 0.29) is 5.63 Å². The third-order valence-electron chi connectivity index (χ3n) is 3.35. The lowest BCUT2D eigenvalue weighted by Gasteiger charge is -2.00. The van der Waals surface area contributed by atoms with Gasteiger partial charge in [0.15, 0.2) is 0 Å². The molecule has 2 heterocycles. The molecule has 96 valence electrons. The van der Waals surface area contributed by atoms with E-state index in [1.807, 2.05) is 42.6 Å². The van der Waals surface area contributed by atoms with Crippen LogP contribution >= 0.6 is 0 Å². The molecule has 4 aromatic rings. The molecular weight excluding hydrogens is 252 g/mol. The Balaban J connectivity index is 2.05. The van der Waals surface area contributed by atoms with E-state index in [1.165, 1.54) is 0 Å².